The molecular formula is C16H18N4O5. The van der Waals surface area contributed by atoms with Crippen molar-refractivity contribution in [2.45, 2.75) is 33.4 Å². The Morgan fingerprint density at radius 1 is 1.40 bits per heavy atom. The third kappa shape index (κ3) is 4.19. The first-order chi connectivity index (χ1) is 11.7. The second-order valence-corrected chi connectivity index (χ2v) is 5.89. The molecule has 9 nitrogen and oxygen atoms in total. The van der Waals surface area contributed by atoms with Gasteiger partial charge >= 0.3 is 5.97 Å². The molecule has 132 valence electrons. The molecule has 1 aromatic heterocycles. The van der Waals surface area contributed by atoms with Crippen LogP contribution in [0.2, 0.25) is 0 Å². The molecule has 0 amide bonds. The molecule has 0 fully saturated rings. The molecule has 0 aliphatic carbocycles. The van der Waals surface area contributed by atoms with Gasteiger partial charge in [-0.15, -0.1) is 0 Å². The summed E-state index contributed by atoms with van der Waals surface area (Å²) in [5.74, 6) is -1.17. The third-order valence-electron chi connectivity index (χ3n) is 3.34. The number of aromatic nitrogens is 2. The van der Waals surface area contributed by atoms with Crippen LogP contribution in [0.15, 0.2) is 29.2 Å². The van der Waals surface area contributed by atoms with Gasteiger partial charge in [0.1, 0.15) is 6.54 Å². The second kappa shape index (κ2) is 7.12. The van der Waals surface area contributed by atoms with Gasteiger partial charge in [0.2, 0.25) is 0 Å². The van der Waals surface area contributed by atoms with Crippen molar-refractivity contribution in [2.75, 3.05) is 5.32 Å². The van der Waals surface area contributed by atoms with Crippen LogP contribution in [0.1, 0.15) is 19.4 Å². The number of aliphatic carboxylic acids is 1. The highest BCUT2D eigenvalue weighted by Crippen LogP contribution is 2.25. The van der Waals surface area contributed by atoms with E-state index in [9.17, 15) is 19.7 Å². The molecule has 2 N–H and O–H groups in total. The Bertz CT molecular complexity index is 889. The predicted molar refractivity (Wildman–Crippen MR) is 91.7 cm³/mol. The van der Waals surface area contributed by atoms with Crippen LogP contribution in [0.25, 0.3) is 11.3 Å². The zero-order chi connectivity index (χ0) is 18.7. The summed E-state index contributed by atoms with van der Waals surface area (Å²) in [5, 5.41) is 23.0. The summed E-state index contributed by atoms with van der Waals surface area (Å²) in [6, 6.07) is 4.25. The van der Waals surface area contributed by atoms with E-state index < -0.39 is 23.0 Å². The highest BCUT2D eigenvalue weighted by atomic mass is 16.6. The average molecular weight is 346 g/mol. The fraction of sp³-hybridized carbons (Fsp3) is 0.312. The fourth-order valence-corrected chi connectivity index (χ4v) is 2.40. The smallest absolute Gasteiger partial charge is 0.323 e. The first-order valence-corrected chi connectivity index (χ1v) is 7.53. The molecule has 0 unspecified atom stereocenters. The minimum absolute atomic E-state index is 0.0298. The lowest BCUT2D eigenvalue weighted by atomic mass is 10.1. The number of nitro groups is 1. The van der Waals surface area contributed by atoms with Gasteiger partial charge in [-0.3, -0.25) is 24.3 Å². The van der Waals surface area contributed by atoms with Crippen molar-refractivity contribution in [3.8, 4) is 11.3 Å². The maximum absolute atomic E-state index is 12.6. The Balaban J connectivity index is 2.68. The number of nitrogens with one attached hydrogen (secondary N) is 1. The van der Waals surface area contributed by atoms with E-state index in [1.807, 2.05) is 13.8 Å². The van der Waals surface area contributed by atoms with E-state index in [4.69, 9.17) is 5.11 Å². The lowest BCUT2D eigenvalue weighted by Gasteiger charge is -2.15. The predicted octanol–water partition coefficient (Wildman–Crippen LogP) is 2.03. The van der Waals surface area contributed by atoms with Crippen LogP contribution in [0.3, 0.4) is 0 Å². The Morgan fingerprint density at radius 2 is 2.08 bits per heavy atom. The molecule has 0 aliphatic rings. The molecule has 25 heavy (non-hydrogen) atoms. The summed E-state index contributed by atoms with van der Waals surface area (Å²) in [6.45, 7) is 4.74. The van der Waals surface area contributed by atoms with Crippen molar-refractivity contribution >= 4 is 17.5 Å². The van der Waals surface area contributed by atoms with Gasteiger partial charge in [-0.1, -0.05) is 0 Å². The highest BCUT2D eigenvalue weighted by Gasteiger charge is 2.17. The lowest BCUT2D eigenvalue weighted by molar-refractivity contribution is -0.384. The number of nitrogens with zero attached hydrogens (tertiary/aromatic N) is 3. The Hall–Kier alpha value is -3.23. The zero-order valence-electron chi connectivity index (χ0n) is 14.0. The molecule has 0 aliphatic heterocycles. The molecule has 9 heteroatoms. The Morgan fingerprint density at radius 3 is 2.64 bits per heavy atom. The second-order valence-electron chi connectivity index (χ2n) is 5.89. The summed E-state index contributed by atoms with van der Waals surface area (Å²) in [5.41, 5.74) is 0.427. The summed E-state index contributed by atoms with van der Waals surface area (Å²) >= 11 is 0. The van der Waals surface area contributed by atoms with Gasteiger partial charge in [0.25, 0.3) is 11.2 Å². The van der Waals surface area contributed by atoms with Crippen molar-refractivity contribution < 1.29 is 14.8 Å². The maximum atomic E-state index is 12.6. The van der Waals surface area contributed by atoms with Gasteiger partial charge in [-0.25, -0.2) is 4.98 Å². The number of carboxylic acid groups (broad SMARTS) is 1. The van der Waals surface area contributed by atoms with Crippen LogP contribution in [0.5, 0.6) is 0 Å². The third-order valence-corrected chi connectivity index (χ3v) is 3.34. The Kier molecular flexibility index (Phi) is 5.16. The van der Waals surface area contributed by atoms with Crippen molar-refractivity contribution in [3.63, 3.8) is 0 Å². The summed E-state index contributed by atoms with van der Waals surface area (Å²) in [6.07, 6.45) is 1.34. The monoisotopic (exact) mass is 346 g/mol. The number of hydrogen-bond acceptors (Lipinski definition) is 6. The molecular weight excluding hydrogens is 328 g/mol. The topological polar surface area (TPSA) is 127 Å². The number of non-ortho nitro benzene ring substituents is 1. The van der Waals surface area contributed by atoms with E-state index in [0.717, 1.165) is 4.57 Å². The van der Waals surface area contributed by atoms with Gasteiger partial charge in [0, 0.05) is 23.7 Å². The van der Waals surface area contributed by atoms with Crippen molar-refractivity contribution in [2.24, 2.45) is 0 Å². The Labute approximate surface area is 143 Å². The molecule has 2 rings (SSSR count). The molecule has 1 heterocycles. The van der Waals surface area contributed by atoms with Crippen LogP contribution >= 0.6 is 0 Å². The lowest BCUT2D eigenvalue weighted by Crippen LogP contribution is -2.30. The van der Waals surface area contributed by atoms with E-state index in [-0.39, 0.29) is 23.2 Å². The van der Waals surface area contributed by atoms with E-state index in [1.54, 1.807) is 13.0 Å². The van der Waals surface area contributed by atoms with Gasteiger partial charge < -0.3 is 10.4 Å². The number of rotatable bonds is 6. The SMILES string of the molecule is Cc1cc(-c2cnc(NC(C)C)c(=O)n2CC(=O)O)cc([N+](=O)[O-])c1. The van der Waals surface area contributed by atoms with E-state index >= 15 is 0 Å². The number of benzene rings is 1. The van der Waals surface area contributed by atoms with Crippen molar-refractivity contribution in [1.29, 1.82) is 0 Å². The van der Waals surface area contributed by atoms with Crippen LogP contribution < -0.4 is 10.9 Å². The highest BCUT2D eigenvalue weighted by molar-refractivity contribution is 5.70. The van der Waals surface area contributed by atoms with Gasteiger partial charge in [0.15, 0.2) is 5.82 Å². The summed E-state index contributed by atoms with van der Waals surface area (Å²) in [4.78, 5) is 38.3. The first kappa shape index (κ1) is 18.1. The molecule has 0 saturated carbocycles. The molecule has 2 aromatic rings. The number of carbonyl (C=O) groups is 1. The van der Waals surface area contributed by atoms with Crippen molar-refractivity contribution in [3.05, 3.63) is 50.4 Å². The number of hydrogen-bond donors (Lipinski definition) is 2. The van der Waals surface area contributed by atoms with E-state index in [1.165, 1.54) is 18.3 Å². The first-order valence-electron chi connectivity index (χ1n) is 7.53. The average Bonchev–Trinajstić information content (AvgIpc) is 2.49. The van der Waals surface area contributed by atoms with Crippen LogP contribution in [-0.4, -0.2) is 31.6 Å². The zero-order valence-corrected chi connectivity index (χ0v) is 14.0. The van der Waals surface area contributed by atoms with E-state index in [2.05, 4.69) is 10.3 Å². The van der Waals surface area contributed by atoms with Crippen LogP contribution in [0.4, 0.5) is 11.5 Å². The minimum Gasteiger partial charge on any atom is -0.480 e. The van der Waals surface area contributed by atoms with Crippen molar-refractivity contribution in [1.82, 2.24) is 9.55 Å². The number of anilines is 1. The molecule has 0 saturated heterocycles. The molecule has 0 radical (unpaired) electrons. The normalized spacial score (nSPS) is 10.7. The minimum atomic E-state index is -1.20. The molecule has 1 aromatic carbocycles. The number of carboxylic acids is 1. The molecule has 0 atom stereocenters. The fourth-order valence-electron chi connectivity index (χ4n) is 2.40. The van der Waals surface area contributed by atoms with Gasteiger partial charge in [-0.2, -0.15) is 0 Å². The van der Waals surface area contributed by atoms with Crippen LogP contribution in [-0.2, 0) is 11.3 Å². The maximum Gasteiger partial charge on any atom is 0.323 e. The van der Waals surface area contributed by atoms with E-state index in [0.29, 0.717) is 11.1 Å². The summed E-state index contributed by atoms with van der Waals surface area (Å²) in [7, 11) is 0. The van der Waals surface area contributed by atoms with Crippen LogP contribution in [0, 0.1) is 17.0 Å². The number of aryl methyl sites for hydroxylation is 1. The largest absolute Gasteiger partial charge is 0.480 e. The molecule has 0 bridgehead atoms. The van der Waals surface area contributed by atoms with Gasteiger partial charge in [-0.05, 0) is 32.4 Å². The quantitative estimate of drug-likeness (QED) is 0.605. The summed E-state index contributed by atoms with van der Waals surface area (Å²) < 4.78 is 1.04. The number of nitro benzene ring substituents is 1. The van der Waals surface area contributed by atoms with Gasteiger partial charge in [0.05, 0.1) is 16.8 Å². The standard InChI is InChI=1S/C16H18N4O5/c1-9(2)18-15-16(23)19(8-14(21)22)13(7-17-15)11-4-10(3)5-12(6-11)20(24)25/h4-7,9H,8H2,1-3H3,(H,17,18)(H,21,22). The molecule has 0 spiro atoms.